The Kier molecular flexibility index (Phi) is 14.0. The molecule has 16 heteroatoms. The van der Waals surface area contributed by atoms with Gasteiger partial charge in [-0.3, -0.25) is 28.3 Å². The predicted molar refractivity (Wildman–Crippen MR) is 289 cm³/mol. The van der Waals surface area contributed by atoms with Crippen LogP contribution in [-0.2, 0) is 6.54 Å². The number of aromatic nitrogens is 6. The number of carbonyl (C=O) groups excluding carboxylic acids is 2. The molecule has 2 aliphatic rings. The van der Waals surface area contributed by atoms with Crippen molar-refractivity contribution >= 4 is 68.1 Å². The zero-order chi connectivity index (χ0) is 50.4. The number of amides is 1. The van der Waals surface area contributed by atoms with Crippen LogP contribution in [0.5, 0.6) is 0 Å². The molecule has 0 spiro atoms. The van der Waals surface area contributed by atoms with Gasteiger partial charge in [0.15, 0.2) is 11.3 Å². The van der Waals surface area contributed by atoms with E-state index in [-0.39, 0.29) is 17.0 Å². The van der Waals surface area contributed by atoms with Gasteiger partial charge in [-0.1, -0.05) is 66.7 Å². The van der Waals surface area contributed by atoms with Gasteiger partial charge in [0.1, 0.15) is 0 Å². The Morgan fingerprint density at radius 2 is 0.836 bits per heavy atom. The van der Waals surface area contributed by atoms with E-state index in [4.69, 9.17) is 31.5 Å². The average Bonchev–Trinajstić information content (AvgIpc) is 3.43. The van der Waals surface area contributed by atoms with Crippen LogP contribution in [0.1, 0.15) is 37.7 Å². The van der Waals surface area contributed by atoms with Gasteiger partial charge in [-0.15, -0.1) is 0 Å². The van der Waals surface area contributed by atoms with Gasteiger partial charge in [-0.25, -0.2) is 9.97 Å². The topological polar surface area (TPSA) is 155 Å². The number of fused-ring (bicyclic) bond motifs is 2. The van der Waals surface area contributed by atoms with E-state index in [0.717, 1.165) is 80.1 Å². The van der Waals surface area contributed by atoms with Gasteiger partial charge in [0.05, 0.1) is 22.8 Å². The quantitative estimate of drug-likeness (QED) is 0.132. The van der Waals surface area contributed by atoms with Gasteiger partial charge in [0.25, 0.3) is 22.3 Å². The fourth-order valence-electron chi connectivity index (χ4n) is 9.27. The van der Waals surface area contributed by atoms with E-state index in [2.05, 4.69) is 61.3 Å². The molecule has 0 unspecified atom stereocenters. The van der Waals surface area contributed by atoms with E-state index in [1.165, 1.54) is 23.5 Å². The highest BCUT2D eigenvalue weighted by Gasteiger charge is 2.23. The normalized spacial score (nSPS) is 13.7. The third kappa shape index (κ3) is 10.5. The van der Waals surface area contributed by atoms with E-state index in [1.54, 1.807) is 69.8 Å². The molecule has 73 heavy (non-hydrogen) atoms. The summed E-state index contributed by atoms with van der Waals surface area (Å²) in [7, 11) is 0. The Labute approximate surface area is 426 Å². The number of piperazine rings is 2. The number of aryl methyl sites for hydroxylation is 2. The first-order chi connectivity index (χ1) is 35.6. The molecule has 366 valence electrons. The molecule has 11 rings (SSSR count). The summed E-state index contributed by atoms with van der Waals surface area (Å²) >= 11 is 5.57. The molecule has 2 fully saturated rings. The first kappa shape index (κ1) is 48.0. The molecule has 1 N–H and O–H groups in total. The number of benzene rings is 5. The molecule has 0 saturated carbocycles. The van der Waals surface area contributed by atoms with Crippen LogP contribution in [0, 0.1) is 13.8 Å². The molecule has 15 nitrogen and oxygen atoms in total. The molecule has 6 heterocycles. The first-order valence-electron chi connectivity index (χ1n) is 24.2. The van der Waals surface area contributed by atoms with Crippen molar-refractivity contribution in [2.75, 3.05) is 72.0 Å². The smallest absolute Gasteiger partial charge is 0.256 e. The molecular formula is C57H52ClN11O4. The predicted octanol–water partition coefficient (Wildman–Crippen LogP) is 8.14. The number of hydrogen-bond donors (Lipinski definition) is 1. The van der Waals surface area contributed by atoms with Crippen molar-refractivity contribution in [3.8, 4) is 11.4 Å². The molecule has 0 radical (unpaired) electrons. The molecule has 5 aromatic carbocycles. The third-order valence-electron chi connectivity index (χ3n) is 13.3. The Balaban J connectivity index is 0.000000171. The Hall–Kier alpha value is -8.69. The van der Waals surface area contributed by atoms with Crippen LogP contribution in [-0.4, -0.2) is 92.6 Å². The molecule has 9 aromatic rings. The lowest BCUT2D eigenvalue weighted by Gasteiger charge is -2.36. The number of anilines is 4. The summed E-state index contributed by atoms with van der Waals surface area (Å²) < 4.78 is 3.15. The van der Waals surface area contributed by atoms with Crippen molar-refractivity contribution in [3.63, 3.8) is 0 Å². The average molecular weight is 991 g/mol. The van der Waals surface area contributed by atoms with Crippen molar-refractivity contribution in [1.82, 2.24) is 34.4 Å². The molecular weight excluding hydrogens is 938 g/mol. The van der Waals surface area contributed by atoms with Crippen molar-refractivity contribution in [1.29, 1.82) is 0 Å². The van der Waals surface area contributed by atoms with Crippen LogP contribution < -0.4 is 36.0 Å². The second kappa shape index (κ2) is 21.3. The van der Waals surface area contributed by atoms with Gasteiger partial charge >= 0.3 is 0 Å². The van der Waals surface area contributed by atoms with Crippen molar-refractivity contribution < 1.29 is 9.59 Å². The van der Waals surface area contributed by atoms with E-state index < -0.39 is 5.24 Å². The van der Waals surface area contributed by atoms with Gasteiger partial charge in [-0.05, 0) is 116 Å². The minimum atomic E-state index is -0.540. The zero-order valence-electron chi connectivity index (χ0n) is 40.4. The maximum absolute atomic E-state index is 13.1. The van der Waals surface area contributed by atoms with Crippen LogP contribution in [0.2, 0.25) is 0 Å². The summed E-state index contributed by atoms with van der Waals surface area (Å²) in [4.78, 5) is 78.4. The van der Waals surface area contributed by atoms with Crippen LogP contribution in [0.4, 0.5) is 23.3 Å². The number of nitrogens with one attached hydrogen (secondary N) is 1. The van der Waals surface area contributed by atoms with Gasteiger partial charge in [0, 0.05) is 104 Å². The Bertz CT molecular complexity index is 3540. The fourth-order valence-corrected chi connectivity index (χ4v) is 9.40. The molecule has 0 aliphatic carbocycles. The summed E-state index contributed by atoms with van der Waals surface area (Å²) in [5.41, 5.74) is 7.94. The molecule has 0 atom stereocenters. The lowest BCUT2D eigenvalue weighted by atomic mass is 10.1. The van der Waals surface area contributed by atoms with Crippen molar-refractivity contribution in [2.45, 2.75) is 20.4 Å². The fraction of sp³-hybridized carbons (Fsp3) is 0.193. The SMILES string of the molecule is Cc1nc(N2CCN(c3ccccc3)CC2)nc2c1ccc(=O)n2-c1ccc(C(=O)Cl)cc1.Cc1nc(N2CCN(c3ccccc3)CC2)nc2c1ccc(=O)n2-c1ccc(C(=O)NCc2ccccc2)cc1. The lowest BCUT2D eigenvalue weighted by Crippen LogP contribution is -2.47. The first-order valence-corrected chi connectivity index (χ1v) is 24.6. The zero-order valence-corrected chi connectivity index (χ0v) is 41.2. The van der Waals surface area contributed by atoms with E-state index >= 15 is 0 Å². The van der Waals surface area contributed by atoms with Crippen LogP contribution in [0.3, 0.4) is 0 Å². The van der Waals surface area contributed by atoms with Crippen molar-refractivity contribution in [3.05, 3.63) is 213 Å². The number of carbonyl (C=O) groups is 2. The summed E-state index contributed by atoms with van der Waals surface area (Å²) in [5, 5.41) is 4.02. The number of rotatable bonds is 10. The van der Waals surface area contributed by atoms with Crippen molar-refractivity contribution in [2.24, 2.45) is 0 Å². The van der Waals surface area contributed by atoms with Crippen LogP contribution >= 0.6 is 11.6 Å². The highest BCUT2D eigenvalue weighted by molar-refractivity contribution is 6.67. The third-order valence-corrected chi connectivity index (χ3v) is 13.5. The van der Waals surface area contributed by atoms with Gasteiger partial charge < -0.3 is 24.9 Å². The standard InChI is InChI=1S/C32H30N6O2.C25H22ClN5O2/c1-23-28-16-17-29(39)38(27-14-12-25(13-15-27)31(40)33-22-24-8-4-2-5-9-24)30(28)35-32(34-23)37-20-18-36(19-21-37)26-10-6-3-7-11-26;1-17-21-11-12-22(32)31(20-9-7-18(8-10-20)23(26)33)24(21)28-25(27-17)30-15-13-29(14-16-30)19-5-3-2-4-6-19/h2-17H,18-22H2,1H3,(H,33,40);2-12H,13-16H2,1H3. The minimum Gasteiger partial charge on any atom is -0.368 e. The molecule has 1 amide bonds. The molecule has 2 saturated heterocycles. The summed E-state index contributed by atoms with van der Waals surface area (Å²) in [6, 6.07) is 50.8. The molecule has 2 aliphatic heterocycles. The maximum atomic E-state index is 13.1. The number of nitrogens with zero attached hydrogens (tertiary/aromatic N) is 10. The van der Waals surface area contributed by atoms with Crippen LogP contribution in [0.15, 0.2) is 173 Å². The summed E-state index contributed by atoms with van der Waals surface area (Å²) in [6.07, 6.45) is 0. The number of hydrogen-bond acceptors (Lipinski definition) is 12. The minimum absolute atomic E-state index is 0.171. The molecule has 0 bridgehead atoms. The van der Waals surface area contributed by atoms with E-state index in [1.807, 2.05) is 68.4 Å². The number of halogens is 1. The summed E-state index contributed by atoms with van der Waals surface area (Å²) in [6.45, 7) is 10.9. The second-order valence-corrected chi connectivity index (χ2v) is 18.2. The highest BCUT2D eigenvalue weighted by atomic mass is 35.5. The largest absolute Gasteiger partial charge is 0.368 e. The van der Waals surface area contributed by atoms with E-state index in [0.29, 0.717) is 52.2 Å². The Morgan fingerprint density at radius 3 is 1.25 bits per heavy atom. The van der Waals surface area contributed by atoms with Gasteiger partial charge in [0.2, 0.25) is 11.9 Å². The second-order valence-electron chi connectivity index (χ2n) is 17.9. The van der Waals surface area contributed by atoms with Crippen LogP contribution in [0.25, 0.3) is 33.4 Å². The highest BCUT2D eigenvalue weighted by Crippen LogP contribution is 2.26. The lowest BCUT2D eigenvalue weighted by molar-refractivity contribution is 0.0950. The van der Waals surface area contributed by atoms with E-state index in [9.17, 15) is 19.2 Å². The molecule has 4 aromatic heterocycles. The monoisotopic (exact) mass is 989 g/mol. The summed E-state index contributed by atoms with van der Waals surface area (Å²) in [5.74, 6) is 1.06. The number of pyridine rings is 2. The Morgan fingerprint density at radius 1 is 0.452 bits per heavy atom. The van der Waals surface area contributed by atoms with Gasteiger partial charge in [-0.2, -0.15) is 9.97 Å². The maximum Gasteiger partial charge on any atom is 0.256 e. The number of para-hydroxylation sites is 2.